The number of nitrogens with zero attached hydrogens (tertiary/aromatic N) is 3. The van der Waals surface area contributed by atoms with Crippen molar-refractivity contribution in [3.05, 3.63) is 75.5 Å². The van der Waals surface area contributed by atoms with Crippen LogP contribution in [0.5, 0.6) is 5.75 Å². The van der Waals surface area contributed by atoms with Gasteiger partial charge in [0.05, 0.1) is 23.2 Å². The molecule has 2 aromatic carbocycles. The van der Waals surface area contributed by atoms with Gasteiger partial charge in [-0.3, -0.25) is 4.79 Å². The van der Waals surface area contributed by atoms with Crippen LogP contribution in [0.3, 0.4) is 0 Å². The van der Waals surface area contributed by atoms with Crippen LogP contribution in [0, 0.1) is 6.92 Å². The first-order chi connectivity index (χ1) is 13.0. The normalized spacial score (nSPS) is 10.9. The number of rotatable bonds is 6. The van der Waals surface area contributed by atoms with Crippen LogP contribution in [0.15, 0.2) is 64.2 Å². The van der Waals surface area contributed by atoms with Crippen molar-refractivity contribution < 1.29 is 9.53 Å². The zero-order chi connectivity index (χ0) is 19.2. The molecular weight excluding hydrogens is 432 g/mol. The first-order valence-electron chi connectivity index (χ1n) is 8.05. The van der Waals surface area contributed by atoms with Crippen LogP contribution in [0.1, 0.15) is 11.3 Å². The number of para-hydroxylation sites is 1. The van der Waals surface area contributed by atoms with Crippen molar-refractivity contribution in [3.63, 3.8) is 0 Å². The van der Waals surface area contributed by atoms with Gasteiger partial charge in [0.1, 0.15) is 10.9 Å². The number of halogens is 2. The maximum absolute atomic E-state index is 11.9. The third-order valence-electron chi connectivity index (χ3n) is 3.62. The number of carbonyl (C=O) groups excluding carboxylic acids is 1. The van der Waals surface area contributed by atoms with Crippen LogP contribution in [-0.4, -0.2) is 28.5 Å². The number of ether oxygens (including phenoxy) is 1. The Kier molecular flexibility index (Phi) is 6.26. The molecule has 0 unspecified atom stereocenters. The molecule has 1 aromatic heterocycles. The number of hydrogen-bond acceptors (Lipinski definition) is 4. The second-order valence-electron chi connectivity index (χ2n) is 5.57. The van der Waals surface area contributed by atoms with Gasteiger partial charge in [-0.15, -0.1) is 0 Å². The molecule has 27 heavy (non-hydrogen) atoms. The van der Waals surface area contributed by atoms with E-state index in [9.17, 15) is 4.79 Å². The summed E-state index contributed by atoms with van der Waals surface area (Å²) in [5, 5.41) is 8.78. The summed E-state index contributed by atoms with van der Waals surface area (Å²) in [5.74, 6) is 0.221. The maximum atomic E-state index is 11.9. The molecule has 138 valence electrons. The lowest BCUT2D eigenvalue weighted by molar-refractivity contribution is -0.123. The van der Waals surface area contributed by atoms with E-state index in [4.69, 9.17) is 16.3 Å². The number of benzene rings is 2. The molecule has 6 nitrogen and oxygen atoms in total. The van der Waals surface area contributed by atoms with Gasteiger partial charge < -0.3 is 4.74 Å². The molecule has 0 saturated carbocycles. The Hall–Kier alpha value is -2.64. The number of aromatic nitrogens is 2. The van der Waals surface area contributed by atoms with Crippen molar-refractivity contribution in [2.75, 3.05) is 6.61 Å². The Morgan fingerprint density at radius 2 is 1.96 bits per heavy atom. The van der Waals surface area contributed by atoms with Crippen LogP contribution in [0.2, 0.25) is 5.15 Å². The molecule has 0 aliphatic rings. The molecule has 1 N–H and O–H groups in total. The van der Waals surface area contributed by atoms with Crippen molar-refractivity contribution in [1.82, 2.24) is 15.2 Å². The highest BCUT2D eigenvalue weighted by atomic mass is 79.9. The quantitative estimate of drug-likeness (QED) is 0.456. The monoisotopic (exact) mass is 446 g/mol. The first kappa shape index (κ1) is 19.1. The standard InChI is InChI=1S/C19H16BrClN4O2/c1-13-17(19(21)25(24-13)15-5-3-2-4-6-15)11-22-23-18(26)12-27-16-9-7-14(20)8-10-16/h2-11H,12H2,1H3,(H,23,26)/b22-11+. The molecule has 0 aliphatic carbocycles. The summed E-state index contributed by atoms with van der Waals surface area (Å²) >= 11 is 9.74. The van der Waals surface area contributed by atoms with E-state index in [1.165, 1.54) is 6.21 Å². The maximum Gasteiger partial charge on any atom is 0.277 e. The van der Waals surface area contributed by atoms with Crippen LogP contribution in [-0.2, 0) is 4.79 Å². The molecule has 0 fully saturated rings. The molecular formula is C19H16BrClN4O2. The van der Waals surface area contributed by atoms with Crippen molar-refractivity contribution in [1.29, 1.82) is 0 Å². The van der Waals surface area contributed by atoms with Gasteiger partial charge in [0.2, 0.25) is 0 Å². The SMILES string of the molecule is Cc1nn(-c2ccccc2)c(Cl)c1/C=N/NC(=O)COc1ccc(Br)cc1. The van der Waals surface area contributed by atoms with E-state index in [0.29, 0.717) is 22.2 Å². The molecule has 1 heterocycles. The van der Waals surface area contributed by atoms with E-state index < -0.39 is 0 Å². The Labute approximate surface area is 169 Å². The molecule has 3 rings (SSSR count). The number of aryl methyl sites for hydroxylation is 1. The predicted molar refractivity (Wildman–Crippen MR) is 109 cm³/mol. The predicted octanol–water partition coefficient (Wildman–Crippen LogP) is 4.13. The number of nitrogens with one attached hydrogen (secondary N) is 1. The molecule has 0 spiro atoms. The van der Waals surface area contributed by atoms with Gasteiger partial charge in [0, 0.05) is 4.47 Å². The Morgan fingerprint density at radius 1 is 1.26 bits per heavy atom. The Balaban J connectivity index is 1.60. The van der Waals surface area contributed by atoms with E-state index in [1.807, 2.05) is 49.4 Å². The summed E-state index contributed by atoms with van der Waals surface area (Å²) in [5.41, 5.74) is 4.60. The van der Waals surface area contributed by atoms with Crippen LogP contribution >= 0.6 is 27.5 Å². The van der Waals surface area contributed by atoms with Crippen LogP contribution in [0.4, 0.5) is 0 Å². The van der Waals surface area contributed by atoms with Gasteiger partial charge in [-0.05, 0) is 43.3 Å². The van der Waals surface area contributed by atoms with Gasteiger partial charge in [0.25, 0.3) is 5.91 Å². The highest BCUT2D eigenvalue weighted by molar-refractivity contribution is 9.10. The highest BCUT2D eigenvalue weighted by Crippen LogP contribution is 2.21. The van der Waals surface area contributed by atoms with Gasteiger partial charge in [-0.1, -0.05) is 45.7 Å². The van der Waals surface area contributed by atoms with Crippen molar-refractivity contribution in [2.24, 2.45) is 5.10 Å². The van der Waals surface area contributed by atoms with E-state index in [2.05, 4.69) is 31.6 Å². The Morgan fingerprint density at radius 3 is 2.67 bits per heavy atom. The second kappa shape index (κ2) is 8.83. The third kappa shape index (κ3) is 4.96. The number of hydrogen-bond donors (Lipinski definition) is 1. The lowest BCUT2D eigenvalue weighted by Gasteiger charge is -2.04. The van der Waals surface area contributed by atoms with Crippen LogP contribution in [0.25, 0.3) is 5.69 Å². The van der Waals surface area contributed by atoms with Gasteiger partial charge in [-0.2, -0.15) is 10.2 Å². The zero-order valence-electron chi connectivity index (χ0n) is 14.4. The van der Waals surface area contributed by atoms with Gasteiger partial charge >= 0.3 is 0 Å². The van der Waals surface area contributed by atoms with E-state index in [1.54, 1.807) is 16.8 Å². The molecule has 8 heteroatoms. The van der Waals surface area contributed by atoms with Crippen molar-refractivity contribution in [3.8, 4) is 11.4 Å². The minimum atomic E-state index is -0.376. The summed E-state index contributed by atoms with van der Waals surface area (Å²) in [6.07, 6.45) is 1.47. The minimum Gasteiger partial charge on any atom is -0.484 e. The van der Waals surface area contributed by atoms with E-state index >= 15 is 0 Å². The molecule has 0 radical (unpaired) electrons. The molecule has 1 amide bonds. The topological polar surface area (TPSA) is 68.5 Å². The lowest BCUT2D eigenvalue weighted by atomic mass is 10.3. The van der Waals surface area contributed by atoms with E-state index in [-0.39, 0.29) is 12.5 Å². The van der Waals surface area contributed by atoms with E-state index in [0.717, 1.165) is 10.2 Å². The van der Waals surface area contributed by atoms with Crippen molar-refractivity contribution in [2.45, 2.75) is 6.92 Å². The van der Waals surface area contributed by atoms with Gasteiger partial charge in [0.15, 0.2) is 6.61 Å². The largest absolute Gasteiger partial charge is 0.484 e. The number of amides is 1. The fourth-order valence-corrected chi connectivity index (χ4v) is 2.86. The van der Waals surface area contributed by atoms with Crippen LogP contribution < -0.4 is 10.2 Å². The minimum absolute atomic E-state index is 0.144. The van der Waals surface area contributed by atoms with Crippen molar-refractivity contribution >= 4 is 39.7 Å². The third-order valence-corrected chi connectivity index (χ3v) is 4.51. The fraction of sp³-hybridized carbons (Fsp3) is 0.105. The summed E-state index contributed by atoms with van der Waals surface area (Å²) in [7, 11) is 0. The smallest absolute Gasteiger partial charge is 0.277 e. The molecule has 0 aliphatic heterocycles. The molecule has 0 atom stereocenters. The summed E-state index contributed by atoms with van der Waals surface area (Å²) in [4.78, 5) is 11.9. The second-order valence-corrected chi connectivity index (χ2v) is 6.85. The molecule has 3 aromatic rings. The summed E-state index contributed by atoms with van der Waals surface area (Å²) in [6.45, 7) is 1.68. The summed E-state index contributed by atoms with van der Waals surface area (Å²) < 4.78 is 7.94. The fourth-order valence-electron chi connectivity index (χ4n) is 2.28. The Bertz CT molecular complexity index is 956. The average Bonchev–Trinajstić information content (AvgIpc) is 2.96. The highest BCUT2D eigenvalue weighted by Gasteiger charge is 2.13. The number of hydrazone groups is 1. The van der Waals surface area contributed by atoms with Gasteiger partial charge in [-0.25, -0.2) is 10.1 Å². The number of carbonyl (C=O) groups is 1. The summed E-state index contributed by atoms with van der Waals surface area (Å²) in [6, 6.07) is 16.7. The molecule has 0 saturated heterocycles. The molecule has 0 bridgehead atoms. The lowest BCUT2D eigenvalue weighted by Crippen LogP contribution is -2.24. The first-order valence-corrected chi connectivity index (χ1v) is 9.22. The average molecular weight is 448 g/mol. The zero-order valence-corrected chi connectivity index (χ0v) is 16.7.